The molecule has 1 saturated heterocycles. The molecule has 35 heavy (non-hydrogen) atoms. The molecule has 1 fully saturated rings. The molecular weight excluding hydrogens is 493 g/mol. The number of para-hydroxylation sites is 4. The highest BCUT2D eigenvalue weighted by molar-refractivity contribution is 8.10. The van der Waals surface area contributed by atoms with Crippen LogP contribution in [0.15, 0.2) is 103 Å². The monoisotopic (exact) mass is 516 g/mol. The van der Waals surface area contributed by atoms with Crippen LogP contribution in [0.25, 0.3) is 0 Å². The molecule has 2 aromatic carbocycles. The number of phenols is 2. The molecule has 0 unspecified atom stereocenters. The van der Waals surface area contributed by atoms with Gasteiger partial charge in [-0.15, -0.1) is 23.5 Å². The summed E-state index contributed by atoms with van der Waals surface area (Å²) in [6.07, 6.45) is 8.36. The van der Waals surface area contributed by atoms with Crippen LogP contribution in [0.2, 0.25) is 0 Å². The van der Waals surface area contributed by atoms with Gasteiger partial charge in [0.15, 0.2) is 0 Å². The van der Waals surface area contributed by atoms with Gasteiger partial charge in [0.2, 0.25) is 0 Å². The van der Waals surface area contributed by atoms with E-state index in [2.05, 4.69) is 36.0 Å². The van der Waals surface area contributed by atoms with Gasteiger partial charge in [0.1, 0.15) is 22.9 Å². The van der Waals surface area contributed by atoms with E-state index in [1.54, 1.807) is 24.3 Å². The first-order chi connectivity index (χ1) is 16.9. The van der Waals surface area contributed by atoms with Crippen LogP contribution in [-0.4, -0.2) is 43.6 Å². The topological polar surface area (TPSA) is 65.2 Å². The molecule has 0 bridgehead atoms. The van der Waals surface area contributed by atoms with E-state index < -0.39 is 0 Å². The first-order valence-electron chi connectivity index (χ1n) is 11.4. The SMILES string of the molecule is C[C@@]12SC(C=Nc3ccccc3O)=CC1=C1CSCC1=C1C=C(C=Nc3ccccc3O)S[C@]12C. The summed E-state index contributed by atoms with van der Waals surface area (Å²) in [7, 11) is 0. The molecule has 3 aliphatic heterocycles. The lowest BCUT2D eigenvalue weighted by Gasteiger charge is -2.46. The van der Waals surface area contributed by atoms with Crippen LogP contribution in [0.1, 0.15) is 13.8 Å². The zero-order valence-electron chi connectivity index (χ0n) is 19.4. The van der Waals surface area contributed by atoms with Crippen molar-refractivity contribution in [2.75, 3.05) is 11.5 Å². The maximum absolute atomic E-state index is 10.1. The zero-order valence-corrected chi connectivity index (χ0v) is 21.8. The quantitative estimate of drug-likeness (QED) is 0.416. The van der Waals surface area contributed by atoms with E-state index >= 15 is 0 Å². The second-order valence-corrected chi connectivity index (χ2v) is 13.1. The molecule has 7 heteroatoms. The summed E-state index contributed by atoms with van der Waals surface area (Å²) >= 11 is 5.69. The molecule has 0 radical (unpaired) electrons. The first kappa shape index (κ1) is 22.8. The van der Waals surface area contributed by atoms with Crippen molar-refractivity contribution in [1.82, 2.24) is 0 Å². The molecule has 0 saturated carbocycles. The molecule has 4 nitrogen and oxygen atoms in total. The zero-order chi connectivity index (χ0) is 24.2. The van der Waals surface area contributed by atoms with Crippen molar-refractivity contribution in [2.45, 2.75) is 23.3 Å². The fraction of sp³-hybridized carbons (Fsp3) is 0.214. The molecule has 6 rings (SSSR count). The van der Waals surface area contributed by atoms with E-state index in [1.165, 1.54) is 22.3 Å². The molecule has 176 valence electrons. The van der Waals surface area contributed by atoms with Gasteiger partial charge < -0.3 is 10.2 Å². The third-order valence-corrected chi connectivity index (χ3v) is 11.2. The molecule has 4 aliphatic rings. The number of aliphatic imine (C=N–C) groups is 2. The lowest BCUT2D eigenvalue weighted by molar-refractivity contribution is 0.476. The van der Waals surface area contributed by atoms with Crippen LogP contribution in [0, 0.1) is 0 Å². The third-order valence-electron chi connectivity index (χ3n) is 7.09. The highest BCUT2D eigenvalue weighted by Crippen LogP contribution is 2.67. The summed E-state index contributed by atoms with van der Waals surface area (Å²) in [5.74, 6) is 2.43. The number of nitrogens with zero attached hydrogens (tertiary/aromatic N) is 2. The number of rotatable bonds is 4. The summed E-state index contributed by atoms with van der Waals surface area (Å²) in [6.45, 7) is 4.70. The predicted octanol–water partition coefficient (Wildman–Crippen LogP) is 7.34. The van der Waals surface area contributed by atoms with Crippen LogP contribution in [0.4, 0.5) is 11.4 Å². The molecule has 1 aliphatic carbocycles. The van der Waals surface area contributed by atoms with Crippen LogP contribution < -0.4 is 0 Å². The molecule has 0 amide bonds. The average molecular weight is 517 g/mol. The number of hydrogen-bond donors (Lipinski definition) is 2. The number of allylic oxidation sites excluding steroid dienone is 4. The minimum atomic E-state index is -0.155. The Labute approximate surface area is 217 Å². The second kappa shape index (κ2) is 8.50. The molecule has 2 aromatic rings. The number of aromatic hydroxyl groups is 2. The van der Waals surface area contributed by atoms with Gasteiger partial charge in [0.05, 0.1) is 9.49 Å². The molecular formula is C28H24N2O2S3. The van der Waals surface area contributed by atoms with Crippen LogP contribution >= 0.6 is 35.3 Å². The summed E-state index contributed by atoms with van der Waals surface area (Å²) in [6, 6.07) is 14.3. The summed E-state index contributed by atoms with van der Waals surface area (Å²) in [5, 5.41) is 20.2. The minimum absolute atomic E-state index is 0.155. The third kappa shape index (κ3) is 3.63. The van der Waals surface area contributed by atoms with Crippen molar-refractivity contribution in [3.05, 3.63) is 92.8 Å². The summed E-state index contributed by atoms with van der Waals surface area (Å²) in [4.78, 5) is 11.4. The standard InChI is InChI=1S/C28H24N2O2S3/c1-27-21(11-17(34-27)13-29-23-7-3-5-9-25(23)31)19-15-33-16-20(19)22-12-18(35-28(22,27)2)14-30-24-8-4-6-10-26(24)32/h3-14,31-32H,15-16H2,1-2H3/t27-,28-/m1/s1. The van der Waals surface area contributed by atoms with E-state index in [4.69, 9.17) is 0 Å². The smallest absolute Gasteiger partial charge is 0.141 e. The van der Waals surface area contributed by atoms with Gasteiger partial charge in [0.25, 0.3) is 0 Å². The molecule has 0 aromatic heterocycles. The lowest BCUT2D eigenvalue weighted by atomic mass is 9.72. The maximum Gasteiger partial charge on any atom is 0.141 e. The average Bonchev–Trinajstić information content (AvgIpc) is 3.54. The molecule has 3 heterocycles. The highest BCUT2D eigenvalue weighted by atomic mass is 32.2. The lowest BCUT2D eigenvalue weighted by Crippen LogP contribution is -2.47. The van der Waals surface area contributed by atoms with E-state index in [1.807, 2.05) is 72.0 Å². The first-order valence-corrected chi connectivity index (χ1v) is 14.2. The van der Waals surface area contributed by atoms with Crippen LogP contribution in [0.5, 0.6) is 11.5 Å². The molecule has 2 N–H and O–H groups in total. The van der Waals surface area contributed by atoms with Crippen molar-refractivity contribution in [1.29, 1.82) is 0 Å². The van der Waals surface area contributed by atoms with E-state index in [0.29, 0.717) is 11.4 Å². The Morgan fingerprint density at radius 1 is 0.714 bits per heavy atom. The maximum atomic E-state index is 10.1. The molecule has 0 spiro atoms. The van der Waals surface area contributed by atoms with Crippen molar-refractivity contribution in [3.63, 3.8) is 0 Å². The summed E-state index contributed by atoms with van der Waals surface area (Å²) < 4.78 is -0.310. The van der Waals surface area contributed by atoms with Crippen molar-refractivity contribution < 1.29 is 10.2 Å². The molecule has 2 atom stereocenters. The fourth-order valence-electron chi connectivity index (χ4n) is 5.11. The Morgan fingerprint density at radius 2 is 1.14 bits per heavy atom. The predicted molar refractivity (Wildman–Crippen MR) is 152 cm³/mol. The second-order valence-electron chi connectivity index (χ2n) is 9.14. The minimum Gasteiger partial charge on any atom is -0.506 e. The highest BCUT2D eigenvalue weighted by Gasteiger charge is 2.59. The Kier molecular flexibility index (Phi) is 5.55. The Hall–Kier alpha value is -2.61. The van der Waals surface area contributed by atoms with Crippen molar-refractivity contribution >= 4 is 59.1 Å². The number of hydrogen-bond acceptors (Lipinski definition) is 7. The van der Waals surface area contributed by atoms with Gasteiger partial charge in [-0.1, -0.05) is 24.3 Å². The van der Waals surface area contributed by atoms with Gasteiger partial charge in [0, 0.05) is 33.7 Å². The van der Waals surface area contributed by atoms with Crippen LogP contribution in [0.3, 0.4) is 0 Å². The van der Waals surface area contributed by atoms with E-state index in [-0.39, 0.29) is 21.0 Å². The van der Waals surface area contributed by atoms with Gasteiger partial charge in [-0.25, -0.2) is 0 Å². The largest absolute Gasteiger partial charge is 0.506 e. The Balaban J connectivity index is 1.36. The van der Waals surface area contributed by atoms with Gasteiger partial charge in [-0.2, -0.15) is 11.8 Å². The Bertz CT molecular complexity index is 1330. The summed E-state index contributed by atoms with van der Waals surface area (Å²) in [5.41, 5.74) is 6.86. The van der Waals surface area contributed by atoms with Crippen LogP contribution in [-0.2, 0) is 0 Å². The van der Waals surface area contributed by atoms with Gasteiger partial charge >= 0.3 is 0 Å². The van der Waals surface area contributed by atoms with Gasteiger partial charge in [-0.05, 0) is 72.6 Å². The Morgan fingerprint density at radius 3 is 1.57 bits per heavy atom. The number of phenolic OH excluding ortho intramolecular Hbond substituents is 2. The number of benzene rings is 2. The number of thioether (sulfide) groups is 3. The van der Waals surface area contributed by atoms with E-state index in [9.17, 15) is 10.2 Å². The number of fused-ring (bicyclic) bond motifs is 4. The fourth-order valence-corrected chi connectivity index (χ4v) is 9.23. The van der Waals surface area contributed by atoms with Gasteiger partial charge in [-0.3, -0.25) is 9.98 Å². The normalized spacial score (nSPS) is 27.5. The van der Waals surface area contributed by atoms with E-state index in [0.717, 1.165) is 21.3 Å². The van der Waals surface area contributed by atoms with Crippen molar-refractivity contribution in [3.8, 4) is 11.5 Å². The van der Waals surface area contributed by atoms with Crippen molar-refractivity contribution in [2.24, 2.45) is 9.98 Å².